The Morgan fingerprint density at radius 3 is 2.26 bits per heavy atom. The third-order valence-electron chi connectivity index (χ3n) is 7.51. The molecule has 2 heterocycles. The molecule has 1 saturated heterocycles. The molecule has 1 N–H and O–H groups in total. The zero-order valence-electron chi connectivity index (χ0n) is 22.8. The van der Waals surface area contributed by atoms with Gasteiger partial charge < -0.3 is 14.6 Å². The zero-order chi connectivity index (χ0) is 27.9. The summed E-state index contributed by atoms with van der Waals surface area (Å²) in [5.74, 6) is -0.484. The molecule has 0 unspecified atom stereocenters. The van der Waals surface area contributed by atoms with Crippen molar-refractivity contribution in [1.82, 2.24) is 14.0 Å². The molecule has 1 aliphatic heterocycles. The van der Waals surface area contributed by atoms with Crippen molar-refractivity contribution in [2.24, 2.45) is 7.05 Å². The van der Waals surface area contributed by atoms with Crippen molar-refractivity contribution in [3.05, 3.63) is 88.3 Å². The molecular weight excluding hydrogens is 515 g/mol. The van der Waals surface area contributed by atoms with Crippen molar-refractivity contribution < 1.29 is 9.50 Å². The number of nitrogens with zero attached hydrogens (tertiary/aromatic N) is 4. The lowest BCUT2D eigenvalue weighted by Gasteiger charge is -2.34. The SMILES string of the molecule is Cn1ccn(-c2ccc(-c3cc(F)cc(-c4cccc(N5CCCN(C(C)(C)C)CC5)c4)c3O)cc2Cl)c1=O. The van der Waals surface area contributed by atoms with Crippen molar-refractivity contribution in [2.75, 3.05) is 31.1 Å². The lowest BCUT2D eigenvalue weighted by molar-refractivity contribution is 0.148. The minimum absolute atomic E-state index is 0.0241. The highest BCUT2D eigenvalue weighted by Gasteiger charge is 2.24. The normalized spacial score (nSPS) is 15.0. The van der Waals surface area contributed by atoms with Gasteiger partial charge in [0.05, 0.1) is 10.7 Å². The molecule has 0 saturated carbocycles. The molecule has 4 aromatic rings. The van der Waals surface area contributed by atoms with E-state index in [1.54, 1.807) is 37.6 Å². The van der Waals surface area contributed by atoms with Gasteiger partial charge in [0, 0.05) is 68.0 Å². The first-order chi connectivity index (χ1) is 18.5. The lowest BCUT2D eigenvalue weighted by atomic mass is 9.96. The van der Waals surface area contributed by atoms with Gasteiger partial charge in [-0.25, -0.2) is 9.18 Å². The summed E-state index contributed by atoms with van der Waals surface area (Å²) < 4.78 is 17.8. The van der Waals surface area contributed by atoms with Crippen LogP contribution in [-0.4, -0.2) is 50.9 Å². The number of hydrogen-bond acceptors (Lipinski definition) is 4. The fourth-order valence-corrected chi connectivity index (χ4v) is 5.54. The largest absolute Gasteiger partial charge is 0.507 e. The van der Waals surface area contributed by atoms with Gasteiger partial charge in [0.2, 0.25) is 0 Å². The monoisotopic (exact) mass is 548 g/mol. The Balaban J connectivity index is 1.48. The van der Waals surface area contributed by atoms with E-state index in [-0.39, 0.29) is 17.0 Å². The van der Waals surface area contributed by atoms with Crippen molar-refractivity contribution in [1.29, 1.82) is 0 Å². The Bertz CT molecular complexity index is 1570. The number of imidazole rings is 1. The fraction of sp³-hybridized carbons (Fsp3) is 0.323. The number of rotatable bonds is 4. The summed E-state index contributed by atoms with van der Waals surface area (Å²) in [7, 11) is 1.66. The Labute approximate surface area is 233 Å². The minimum atomic E-state index is -0.460. The Morgan fingerprint density at radius 2 is 1.62 bits per heavy atom. The topological polar surface area (TPSA) is 53.6 Å². The third kappa shape index (κ3) is 5.47. The number of benzene rings is 3. The first-order valence-electron chi connectivity index (χ1n) is 13.2. The molecule has 1 aromatic heterocycles. The predicted octanol–water partition coefficient (Wildman–Crippen LogP) is 6.32. The van der Waals surface area contributed by atoms with Crippen LogP contribution in [0.1, 0.15) is 27.2 Å². The van der Waals surface area contributed by atoms with Gasteiger partial charge in [-0.3, -0.25) is 9.47 Å². The first kappa shape index (κ1) is 27.0. The van der Waals surface area contributed by atoms with E-state index in [1.807, 2.05) is 18.2 Å². The van der Waals surface area contributed by atoms with Gasteiger partial charge in [0.1, 0.15) is 11.6 Å². The Kier molecular flexibility index (Phi) is 7.31. The number of aromatic nitrogens is 2. The van der Waals surface area contributed by atoms with E-state index in [2.05, 4.69) is 36.6 Å². The number of halogens is 2. The van der Waals surface area contributed by atoms with E-state index in [0.717, 1.165) is 43.9 Å². The van der Waals surface area contributed by atoms with Gasteiger partial charge in [-0.05, 0) is 74.7 Å². The maximum atomic E-state index is 14.9. The minimum Gasteiger partial charge on any atom is -0.507 e. The summed E-state index contributed by atoms with van der Waals surface area (Å²) in [4.78, 5) is 17.2. The van der Waals surface area contributed by atoms with Crippen molar-refractivity contribution >= 4 is 17.3 Å². The summed E-state index contributed by atoms with van der Waals surface area (Å²) in [6.07, 6.45) is 4.35. The molecule has 0 amide bonds. The van der Waals surface area contributed by atoms with Crippen molar-refractivity contribution in [3.8, 4) is 33.7 Å². The van der Waals surface area contributed by atoms with E-state index in [4.69, 9.17) is 11.6 Å². The highest BCUT2D eigenvalue weighted by atomic mass is 35.5. The van der Waals surface area contributed by atoms with Gasteiger partial charge >= 0.3 is 5.69 Å². The predicted molar refractivity (Wildman–Crippen MR) is 157 cm³/mol. The van der Waals surface area contributed by atoms with Crippen LogP contribution in [0.25, 0.3) is 27.9 Å². The van der Waals surface area contributed by atoms with E-state index in [1.165, 1.54) is 21.3 Å². The Morgan fingerprint density at radius 1 is 0.897 bits per heavy atom. The molecule has 1 fully saturated rings. The van der Waals surface area contributed by atoms with Crippen LogP contribution in [0, 0.1) is 5.82 Å². The summed E-state index contributed by atoms with van der Waals surface area (Å²) in [6, 6.07) is 15.7. The molecule has 0 atom stereocenters. The van der Waals surface area contributed by atoms with E-state index in [9.17, 15) is 14.3 Å². The highest BCUT2D eigenvalue weighted by Crippen LogP contribution is 2.41. The molecule has 3 aromatic carbocycles. The van der Waals surface area contributed by atoms with Crippen LogP contribution in [-0.2, 0) is 7.05 Å². The average Bonchev–Trinajstić information content (AvgIpc) is 3.08. The van der Waals surface area contributed by atoms with Gasteiger partial charge in [0.25, 0.3) is 0 Å². The molecular formula is C31H34ClFN4O2. The number of aryl methyl sites for hydroxylation is 1. The van der Waals surface area contributed by atoms with E-state index in [0.29, 0.717) is 27.4 Å². The van der Waals surface area contributed by atoms with Crippen LogP contribution in [0.4, 0.5) is 10.1 Å². The molecule has 39 heavy (non-hydrogen) atoms. The molecule has 1 aliphatic rings. The second-order valence-corrected chi connectivity index (χ2v) is 11.5. The third-order valence-corrected chi connectivity index (χ3v) is 7.81. The second-order valence-electron chi connectivity index (χ2n) is 11.1. The van der Waals surface area contributed by atoms with Crippen LogP contribution in [0.3, 0.4) is 0 Å². The summed E-state index contributed by atoms with van der Waals surface area (Å²) in [6.45, 7) is 10.6. The standard InChI is InChI=1S/C31H34ClFN4O2/c1-31(2,3)36-12-6-11-35(14-15-36)24-8-5-7-21(17-24)25-19-23(33)20-26(29(25)38)22-9-10-28(27(32)18-22)37-16-13-34(4)30(37)39/h5,7-10,13,16-20,38H,6,11-12,14-15H2,1-4H3. The van der Waals surface area contributed by atoms with E-state index >= 15 is 0 Å². The number of aromatic hydroxyl groups is 1. The molecule has 0 radical (unpaired) electrons. The van der Waals surface area contributed by atoms with Crippen LogP contribution in [0.2, 0.25) is 5.02 Å². The maximum Gasteiger partial charge on any atom is 0.332 e. The van der Waals surface area contributed by atoms with Crippen molar-refractivity contribution in [3.63, 3.8) is 0 Å². The van der Waals surface area contributed by atoms with Gasteiger partial charge in [0.15, 0.2) is 0 Å². The maximum absolute atomic E-state index is 14.9. The Hall–Kier alpha value is -3.55. The molecule has 0 bridgehead atoms. The molecule has 8 heteroatoms. The quantitative estimate of drug-likeness (QED) is 0.324. The number of anilines is 1. The summed E-state index contributed by atoms with van der Waals surface area (Å²) in [5, 5.41) is 11.6. The second kappa shape index (κ2) is 10.5. The average molecular weight is 549 g/mol. The molecule has 0 spiro atoms. The summed E-state index contributed by atoms with van der Waals surface area (Å²) in [5.41, 5.74) is 3.50. The van der Waals surface area contributed by atoms with E-state index < -0.39 is 5.82 Å². The molecule has 0 aliphatic carbocycles. The zero-order valence-corrected chi connectivity index (χ0v) is 23.5. The van der Waals surface area contributed by atoms with Crippen LogP contribution in [0.5, 0.6) is 5.75 Å². The molecule has 5 rings (SSSR count). The lowest BCUT2D eigenvalue weighted by Crippen LogP contribution is -2.43. The van der Waals surface area contributed by atoms with Crippen LogP contribution in [0.15, 0.2) is 71.8 Å². The summed E-state index contributed by atoms with van der Waals surface area (Å²) >= 11 is 6.55. The van der Waals surface area contributed by atoms with Crippen molar-refractivity contribution in [2.45, 2.75) is 32.7 Å². The fourth-order valence-electron chi connectivity index (χ4n) is 5.27. The van der Waals surface area contributed by atoms with Crippen LogP contribution >= 0.6 is 11.6 Å². The first-order valence-corrected chi connectivity index (χ1v) is 13.6. The molecule has 204 valence electrons. The number of phenolic OH excluding ortho intramolecular Hbond substituents is 1. The smallest absolute Gasteiger partial charge is 0.332 e. The van der Waals surface area contributed by atoms with Gasteiger partial charge in [-0.2, -0.15) is 0 Å². The molecule has 6 nitrogen and oxygen atoms in total. The highest BCUT2D eigenvalue weighted by molar-refractivity contribution is 6.32. The van der Waals surface area contributed by atoms with Gasteiger partial charge in [-0.15, -0.1) is 0 Å². The van der Waals surface area contributed by atoms with Crippen LogP contribution < -0.4 is 10.6 Å². The number of phenols is 1. The number of hydrogen-bond donors (Lipinski definition) is 1. The van der Waals surface area contributed by atoms with Gasteiger partial charge in [-0.1, -0.05) is 29.8 Å².